The zero-order valence-corrected chi connectivity index (χ0v) is 11.4. The molecule has 0 aliphatic carbocycles. The summed E-state index contributed by atoms with van der Waals surface area (Å²) >= 11 is 0. The van der Waals surface area contributed by atoms with E-state index in [2.05, 4.69) is 4.72 Å². The molecular weight excluding hydrogens is 264 g/mol. The van der Waals surface area contributed by atoms with E-state index in [1.54, 1.807) is 13.0 Å². The van der Waals surface area contributed by atoms with Gasteiger partial charge in [-0.2, -0.15) is 0 Å². The molecule has 1 aromatic carbocycles. The molecule has 1 unspecified atom stereocenters. The van der Waals surface area contributed by atoms with Crippen molar-refractivity contribution >= 4 is 10.0 Å². The quantitative estimate of drug-likeness (QED) is 0.874. The lowest BCUT2D eigenvalue weighted by Gasteiger charge is -2.13. The van der Waals surface area contributed by atoms with Gasteiger partial charge in [-0.05, 0) is 24.6 Å². The van der Waals surface area contributed by atoms with Crippen LogP contribution in [0.2, 0.25) is 0 Å². The molecule has 0 saturated carbocycles. The topological polar surface area (TPSA) is 85.3 Å². The van der Waals surface area contributed by atoms with Crippen molar-refractivity contribution in [1.82, 2.24) is 4.72 Å². The van der Waals surface area contributed by atoms with E-state index in [0.29, 0.717) is 5.76 Å². The highest BCUT2D eigenvalue weighted by molar-refractivity contribution is 7.89. The van der Waals surface area contributed by atoms with Crippen LogP contribution in [0, 0.1) is 0 Å². The second-order valence-corrected chi connectivity index (χ2v) is 5.82. The molecule has 19 heavy (non-hydrogen) atoms. The minimum Gasteiger partial charge on any atom is -0.447 e. The van der Waals surface area contributed by atoms with Gasteiger partial charge in [0, 0.05) is 6.04 Å². The summed E-state index contributed by atoms with van der Waals surface area (Å²) in [5.41, 5.74) is 6.28. The Hall–Kier alpha value is -1.63. The molecule has 2 rings (SSSR count). The highest BCUT2D eigenvalue weighted by Gasteiger charge is 2.21. The average Bonchev–Trinajstić information content (AvgIpc) is 2.89. The van der Waals surface area contributed by atoms with Crippen molar-refractivity contribution in [2.75, 3.05) is 0 Å². The summed E-state index contributed by atoms with van der Waals surface area (Å²) in [7, 11) is -3.67. The fourth-order valence-corrected chi connectivity index (χ4v) is 2.89. The van der Waals surface area contributed by atoms with Crippen molar-refractivity contribution in [1.29, 1.82) is 0 Å². The minimum atomic E-state index is -3.67. The molecule has 2 aromatic rings. The van der Waals surface area contributed by atoms with Crippen LogP contribution in [0.5, 0.6) is 0 Å². The third-order valence-corrected chi connectivity index (χ3v) is 4.15. The predicted molar refractivity (Wildman–Crippen MR) is 71.8 cm³/mol. The maximum atomic E-state index is 12.1. The summed E-state index contributed by atoms with van der Waals surface area (Å²) in [4.78, 5) is 0. The molecule has 1 heterocycles. The van der Waals surface area contributed by atoms with Crippen molar-refractivity contribution in [2.45, 2.75) is 24.6 Å². The van der Waals surface area contributed by atoms with Gasteiger partial charge >= 0.3 is 0 Å². The summed E-state index contributed by atoms with van der Waals surface area (Å²) in [6, 6.07) is 12.0. The Kier molecular flexibility index (Phi) is 4.04. The van der Waals surface area contributed by atoms with E-state index in [9.17, 15) is 8.42 Å². The molecular formula is C13H16N2O3S. The number of hydrogen-bond acceptors (Lipinski definition) is 4. The second kappa shape index (κ2) is 5.56. The second-order valence-electron chi connectivity index (χ2n) is 4.18. The zero-order chi connectivity index (χ0) is 13.9. The number of sulfonamides is 1. The predicted octanol–water partition coefficient (Wildman–Crippen LogP) is 1.78. The molecule has 1 atom stereocenters. The van der Waals surface area contributed by atoms with Gasteiger partial charge in [-0.15, -0.1) is 0 Å². The van der Waals surface area contributed by atoms with Crippen molar-refractivity contribution in [3.05, 3.63) is 53.8 Å². The molecule has 6 heteroatoms. The Bertz CT molecular complexity index is 635. The van der Waals surface area contributed by atoms with Crippen LogP contribution in [0.3, 0.4) is 0 Å². The third kappa shape index (κ3) is 3.23. The Morgan fingerprint density at radius 1 is 1.21 bits per heavy atom. The number of rotatable bonds is 5. The number of nitrogens with one attached hydrogen (secondary N) is 1. The van der Waals surface area contributed by atoms with Crippen LogP contribution in [0.15, 0.2) is 52.0 Å². The lowest BCUT2D eigenvalue weighted by Crippen LogP contribution is -2.26. The molecule has 3 N–H and O–H groups in total. The van der Waals surface area contributed by atoms with Gasteiger partial charge in [0.1, 0.15) is 5.76 Å². The Morgan fingerprint density at radius 2 is 1.89 bits per heavy atom. The van der Waals surface area contributed by atoms with E-state index in [-0.39, 0.29) is 17.7 Å². The van der Waals surface area contributed by atoms with E-state index < -0.39 is 10.0 Å². The van der Waals surface area contributed by atoms with Gasteiger partial charge in [0.05, 0.1) is 6.54 Å². The molecule has 0 aliphatic rings. The van der Waals surface area contributed by atoms with Crippen LogP contribution < -0.4 is 10.5 Å². The molecule has 0 amide bonds. The Morgan fingerprint density at radius 3 is 2.47 bits per heavy atom. The fourth-order valence-electron chi connectivity index (χ4n) is 1.71. The van der Waals surface area contributed by atoms with E-state index in [0.717, 1.165) is 5.56 Å². The third-order valence-electron chi connectivity index (χ3n) is 2.73. The highest BCUT2D eigenvalue weighted by atomic mass is 32.2. The normalized spacial score (nSPS) is 13.4. The van der Waals surface area contributed by atoms with E-state index in [4.69, 9.17) is 10.2 Å². The van der Waals surface area contributed by atoms with Gasteiger partial charge in [-0.3, -0.25) is 0 Å². The summed E-state index contributed by atoms with van der Waals surface area (Å²) in [5, 5.41) is -0.115. The van der Waals surface area contributed by atoms with Gasteiger partial charge < -0.3 is 10.2 Å². The zero-order valence-electron chi connectivity index (χ0n) is 10.5. The standard InChI is InChI=1S/C13H16N2O3S/c1-10(11-5-3-2-4-6-11)15-19(16,17)13-8-7-12(9-14)18-13/h2-8,10,15H,9,14H2,1H3. The van der Waals surface area contributed by atoms with Gasteiger partial charge in [-0.1, -0.05) is 30.3 Å². The Labute approximate surface area is 112 Å². The van der Waals surface area contributed by atoms with Crippen molar-refractivity contribution < 1.29 is 12.8 Å². The van der Waals surface area contributed by atoms with Gasteiger partial charge in [0.2, 0.25) is 5.09 Å². The molecule has 1 aromatic heterocycles. The van der Waals surface area contributed by atoms with Crippen LogP contribution in [-0.4, -0.2) is 8.42 Å². The lowest BCUT2D eigenvalue weighted by atomic mass is 10.1. The maximum Gasteiger partial charge on any atom is 0.274 e. The molecule has 0 bridgehead atoms. The number of furan rings is 1. The minimum absolute atomic E-state index is 0.115. The van der Waals surface area contributed by atoms with Crippen LogP contribution in [0.1, 0.15) is 24.3 Å². The molecule has 102 valence electrons. The smallest absolute Gasteiger partial charge is 0.274 e. The van der Waals surface area contributed by atoms with Crippen molar-refractivity contribution in [2.24, 2.45) is 5.73 Å². The lowest BCUT2D eigenvalue weighted by molar-refractivity contribution is 0.411. The summed E-state index contributed by atoms with van der Waals surface area (Å²) < 4.78 is 31.9. The molecule has 0 saturated heterocycles. The highest BCUT2D eigenvalue weighted by Crippen LogP contribution is 2.18. The first-order chi connectivity index (χ1) is 9.03. The maximum absolute atomic E-state index is 12.1. The largest absolute Gasteiger partial charge is 0.447 e. The first-order valence-electron chi connectivity index (χ1n) is 5.89. The van der Waals surface area contributed by atoms with E-state index >= 15 is 0 Å². The molecule has 5 nitrogen and oxygen atoms in total. The summed E-state index contributed by atoms with van der Waals surface area (Å²) in [6.07, 6.45) is 0. The van der Waals surface area contributed by atoms with Crippen LogP contribution in [0.4, 0.5) is 0 Å². The number of hydrogen-bond donors (Lipinski definition) is 2. The summed E-state index contributed by atoms with van der Waals surface area (Å²) in [6.45, 7) is 1.95. The average molecular weight is 280 g/mol. The van der Waals surface area contributed by atoms with Crippen LogP contribution in [0.25, 0.3) is 0 Å². The molecule has 0 radical (unpaired) electrons. The monoisotopic (exact) mass is 280 g/mol. The first kappa shape index (κ1) is 13.8. The SMILES string of the molecule is CC(NS(=O)(=O)c1ccc(CN)o1)c1ccccc1. The van der Waals surface area contributed by atoms with E-state index in [1.807, 2.05) is 30.3 Å². The molecule has 0 aliphatic heterocycles. The Balaban J connectivity index is 2.17. The van der Waals surface area contributed by atoms with Gasteiger partial charge in [0.15, 0.2) is 0 Å². The molecule has 0 fully saturated rings. The van der Waals surface area contributed by atoms with Crippen LogP contribution in [-0.2, 0) is 16.6 Å². The van der Waals surface area contributed by atoms with Crippen molar-refractivity contribution in [3.63, 3.8) is 0 Å². The number of nitrogens with two attached hydrogens (primary N) is 1. The van der Waals surface area contributed by atoms with Crippen LogP contribution >= 0.6 is 0 Å². The molecule has 0 spiro atoms. The fraction of sp³-hybridized carbons (Fsp3) is 0.231. The van der Waals surface area contributed by atoms with Crippen molar-refractivity contribution in [3.8, 4) is 0 Å². The van der Waals surface area contributed by atoms with Gasteiger partial charge in [0.25, 0.3) is 10.0 Å². The summed E-state index contributed by atoms with van der Waals surface area (Å²) in [5.74, 6) is 0.438. The first-order valence-corrected chi connectivity index (χ1v) is 7.37. The van der Waals surface area contributed by atoms with E-state index in [1.165, 1.54) is 6.07 Å². The van der Waals surface area contributed by atoms with Gasteiger partial charge in [-0.25, -0.2) is 13.1 Å². The number of benzene rings is 1.